The highest BCUT2D eigenvalue weighted by molar-refractivity contribution is 5.65. The maximum atomic E-state index is 10.8. The number of hydrogen-bond donors (Lipinski definition) is 3. The Hall–Kier alpha value is -1.75. The van der Waals surface area contributed by atoms with Gasteiger partial charge in [0.1, 0.15) is 0 Å². The zero-order valence-electron chi connectivity index (χ0n) is 9.41. The van der Waals surface area contributed by atoms with Crippen LogP contribution in [0, 0.1) is 0 Å². The van der Waals surface area contributed by atoms with Crippen molar-refractivity contribution in [1.29, 1.82) is 0 Å². The Morgan fingerprint density at radius 3 is 2.53 bits per heavy atom. The maximum Gasteiger partial charge on any atom is 0.407 e. The van der Waals surface area contributed by atoms with Gasteiger partial charge in [0.2, 0.25) is 0 Å². The van der Waals surface area contributed by atoms with Crippen molar-refractivity contribution in [1.82, 2.24) is 4.90 Å². The zero-order chi connectivity index (χ0) is 12.4. The van der Waals surface area contributed by atoms with Crippen LogP contribution in [0.2, 0.25) is 0 Å². The summed E-state index contributed by atoms with van der Waals surface area (Å²) in [6.45, 7) is 0.631. The highest BCUT2D eigenvalue weighted by Gasteiger charge is 2.30. The third-order valence-electron chi connectivity index (χ3n) is 3.22. The molecule has 1 saturated heterocycles. The number of benzene rings is 1. The summed E-state index contributed by atoms with van der Waals surface area (Å²) in [4.78, 5) is 12.0. The number of nitrogens with zero attached hydrogens (tertiary/aromatic N) is 1. The molecule has 92 valence electrons. The Morgan fingerprint density at radius 1 is 1.35 bits per heavy atom. The number of amides is 1. The van der Waals surface area contributed by atoms with Gasteiger partial charge in [-0.2, -0.15) is 0 Å². The minimum atomic E-state index is -0.972. The average Bonchev–Trinajstić information content (AvgIpc) is 2.30. The van der Waals surface area contributed by atoms with E-state index in [0.717, 1.165) is 5.56 Å². The molecule has 0 radical (unpaired) electrons. The Bertz CT molecular complexity index is 405. The molecule has 1 aliphatic heterocycles. The van der Waals surface area contributed by atoms with Crippen molar-refractivity contribution in [3.8, 4) is 0 Å². The first-order valence-corrected chi connectivity index (χ1v) is 5.59. The second-order valence-electron chi connectivity index (χ2n) is 4.36. The van der Waals surface area contributed by atoms with Crippen molar-refractivity contribution < 1.29 is 15.0 Å². The lowest BCUT2D eigenvalue weighted by atomic mass is 9.87. The molecule has 4 N–H and O–H groups in total. The molecule has 1 aromatic rings. The van der Waals surface area contributed by atoms with Crippen molar-refractivity contribution in [2.24, 2.45) is 0 Å². The van der Waals surface area contributed by atoms with Gasteiger partial charge in [-0.25, -0.2) is 4.79 Å². The van der Waals surface area contributed by atoms with Gasteiger partial charge in [0.05, 0.1) is 12.6 Å². The van der Waals surface area contributed by atoms with Crippen LogP contribution < -0.4 is 5.73 Å². The van der Waals surface area contributed by atoms with E-state index in [1.807, 2.05) is 12.1 Å². The van der Waals surface area contributed by atoms with Crippen LogP contribution in [-0.4, -0.2) is 40.4 Å². The summed E-state index contributed by atoms with van der Waals surface area (Å²) in [6.07, 6.45) is -0.986. The van der Waals surface area contributed by atoms with Crippen LogP contribution in [-0.2, 0) is 0 Å². The molecule has 5 nitrogen and oxygen atoms in total. The molecule has 5 heteroatoms. The quantitative estimate of drug-likeness (QED) is 0.637. The molecule has 1 amide bonds. The molecule has 0 aromatic heterocycles. The topological polar surface area (TPSA) is 86.8 Å². The van der Waals surface area contributed by atoms with E-state index in [-0.39, 0.29) is 12.5 Å². The number of β-amino-alcohol motifs (C(OH)–C–C–N with tert-alkyl or cyclic N) is 1. The first-order chi connectivity index (χ1) is 8.08. The van der Waals surface area contributed by atoms with Crippen LogP contribution in [0.4, 0.5) is 10.5 Å². The lowest BCUT2D eigenvalue weighted by Crippen LogP contribution is -2.45. The first-order valence-electron chi connectivity index (χ1n) is 5.59. The van der Waals surface area contributed by atoms with Crippen LogP contribution in [0.5, 0.6) is 0 Å². The van der Waals surface area contributed by atoms with E-state index in [0.29, 0.717) is 18.7 Å². The number of likely N-dealkylation sites (tertiary alicyclic amines) is 1. The Balaban J connectivity index is 2.09. The monoisotopic (exact) mass is 236 g/mol. The smallest absolute Gasteiger partial charge is 0.407 e. The Labute approximate surface area is 99.5 Å². The number of nitrogen functional groups attached to an aromatic ring is 1. The van der Waals surface area contributed by atoms with E-state index in [4.69, 9.17) is 10.8 Å². The van der Waals surface area contributed by atoms with Gasteiger partial charge < -0.3 is 20.8 Å². The summed E-state index contributed by atoms with van der Waals surface area (Å²) >= 11 is 0. The van der Waals surface area contributed by atoms with Crippen molar-refractivity contribution >= 4 is 11.8 Å². The first kappa shape index (κ1) is 11.7. The number of hydrogen-bond acceptors (Lipinski definition) is 3. The van der Waals surface area contributed by atoms with Gasteiger partial charge in [-0.3, -0.25) is 0 Å². The summed E-state index contributed by atoms with van der Waals surface area (Å²) in [5, 5.41) is 18.8. The minimum Gasteiger partial charge on any atom is -0.465 e. The predicted octanol–water partition coefficient (Wildman–Crippen LogP) is 1.10. The van der Waals surface area contributed by atoms with Crippen LogP contribution >= 0.6 is 0 Å². The molecule has 1 aromatic carbocycles. The Kier molecular flexibility index (Phi) is 3.19. The van der Waals surface area contributed by atoms with E-state index in [1.54, 1.807) is 12.1 Å². The van der Waals surface area contributed by atoms with Crippen LogP contribution in [0.1, 0.15) is 17.9 Å². The van der Waals surface area contributed by atoms with Crippen LogP contribution in [0.25, 0.3) is 0 Å². The number of nitrogens with two attached hydrogens (primary N) is 1. The van der Waals surface area contributed by atoms with E-state index in [9.17, 15) is 9.90 Å². The SMILES string of the molecule is Nc1ccc(C2CCN(C(=O)O)CC2O)cc1. The average molecular weight is 236 g/mol. The van der Waals surface area contributed by atoms with Crippen molar-refractivity contribution in [3.63, 3.8) is 0 Å². The molecular weight excluding hydrogens is 220 g/mol. The lowest BCUT2D eigenvalue weighted by Gasteiger charge is -2.34. The fraction of sp³-hybridized carbons (Fsp3) is 0.417. The number of piperidine rings is 1. The molecule has 0 spiro atoms. The second-order valence-corrected chi connectivity index (χ2v) is 4.36. The highest BCUT2D eigenvalue weighted by Crippen LogP contribution is 2.28. The lowest BCUT2D eigenvalue weighted by molar-refractivity contribution is 0.0504. The van der Waals surface area contributed by atoms with Crippen molar-refractivity contribution in [3.05, 3.63) is 29.8 Å². The van der Waals surface area contributed by atoms with E-state index in [1.165, 1.54) is 4.90 Å². The maximum absolute atomic E-state index is 10.8. The summed E-state index contributed by atoms with van der Waals surface area (Å²) in [7, 11) is 0. The normalized spacial score (nSPS) is 24.6. The molecule has 2 atom stereocenters. The number of anilines is 1. The van der Waals surface area contributed by atoms with Crippen LogP contribution in [0.3, 0.4) is 0 Å². The zero-order valence-corrected chi connectivity index (χ0v) is 9.41. The molecule has 1 aliphatic rings. The summed E-state index contributed by atoms with van der Waals surface area (Å²) < 4.78 is 0. The largest absolute Gasteiger partial charge is 0.465 e. The second kappa shape index (κ2) is 4.63. The number of carboxylic acid groups (broad SMARTS) is 1. The predicted molar refractivity (Wildman–Crippen MR) is 63.8 cm³/mol. The molecule has 0 aliphatic carbocycles. The highest BCUT2D eigenvalue weighted by atomic mass is 16.4. The fourth-order valence-electron chi connectivity index (χ4n) is 2.24. The number of carbonyl (C=O) groups is 1. The molecule has 17 heavy (non-hydrogen) atoms. The third kappa shape index (κ3) is 2.50. The van der Waals surface area contributed by atoms with Crippen LogP contribution in [0.15, 0.2) is 24.3 Å². The number of aliphatic hydroxyl groups is 1. The van der Waals surface area contributed by atoms with E-state index >= 15 is 0 Å². The van der Waals surface area contributed by atoms with E-state index in [2.05, 4.69) is 0 Å². The molecule has 0 saturated carbocycles. The van der Waals surface area contributed by atoms with Gasteiger partial charge in [-0.05, 0) is 24.1 Å². The molecule has 1 heterocycles. The van der Waals surface area contributed by atoms with Gasteiger partial charge in [0.25, 0.3) is 0 Å². The summed E-state index contributed by atoms with van der Waals surface area (Å²) in [6, 6.07) is 7.37. The molecular formula is C12H16N2O3. The van der Waals surface area contributed by atoms with Crippen molar-refractivity contribution in [2.45, 2.75) is 18.4 Å². The number of aliphatic hydroxyl groups excluding tert-OH is 1. The van der Waals surface area contributed by atoms with Gasteiger partial charge in [-0.15, -0.1) is 0 Å². The summed E-state index contributed by atoms with van der Waals surface area (Å²) in [5.41, 5.74) is 7.30. The van der Waals surface area contributed by atoms with Gasteiger partial charge in [-0.1, -0.05) is 12.1 Å². The summed E-state index contributed by atoms with van der Waals surface area (Å²) in [5.74, 6) is -0.00815. The minimum absolute atomic E-state index is 0.00815. The standard InChI is InChI=1S/C12H16N2O3/c13-9-3-1-8(2-4-9)10-5-6-14(12(16)17)7-11(10)15/h1-4,10-11,15H,5-7,13H2,(H,16,17). The van der Waals surface area contributed by atoms with Gasteiger partial charge in [0.15, 0.2) is 0 Å². The Morgan fingerprint density at radius 2 is 2.00 bits per heavy atom. The molecule has 1 fully saturated rings. The molecule has 0 bridgehead atoms. The van der Waals surface area contributed by atoms with Gasteiger partial charge >= 0.3 is 6.09 Å². The van der Waals surface area contributed by atoms with Gasteiger partial charge in [0, 0.05) is 18.2 Å². The number of rotatable bonds is 1. The van der Waals surface area contributed by atoms with Crippen molar-refractivity contribution in [2.75, 3.05) is 18.8 Å². The van der Waals surface area contributed by atoms with E-state index < -0.39 is 12.2 Å². The molecule has 2 unspecified atom stereocenters. The third-order valence-corrected chi connectivity index (χ3v) is 3.22. The molecule has 2 rings (SSSR count). The fourth-order valence-corrected chi connectivity index (χ4v) is 2.24.